The summed E-state index contributed by atoms with van der Waals surface area (Å²) in [5.74, 6) is -0.311. The average Bonchev–Trinajstić information content (AvgIpc) is 2.53. The molecule has 0 amide bonds. The van der Waals surface area contributed by atoms with Gasteiger partial charge >= 0.3 is 5.97 Å². The zero-order chi connectivity index (χ0) is 14.8. The molecule has 0 aliphatic rings. The normalized spacial score (nSPS) is 10.6. The van der Waals surface area contributed by atoms with Gasteiger partial charge in [0.25, 0.3) is 0 Å². The van der Waals surface area contributed by atoms with Crippen LogP contribution in [0.25, 0.3) is 21.9 Å². The summed E-state index contributed by atoms with van der Waals surface area (Å²) in [4.78, 5) is 12.0. The van der Waals surface area contributed by atoms with Gasteiger partial charge in [-0.2, -0.15) is 0 Å². The van der Waals surface area contributed by atoms with Crippen LogP contribution in [0.15, 0.2) is 60.7 Å². The van der Waals surface area contributed by atoms with Crippen molar-refractivity contribution in [1.82, 2.24) is 0 Å². The van der Waals surface area contributed by atoms with Crippen molar-refractivity contribution in [3.63, 3.8) is 0 Å². The van der Waals surface area contributed by atoms with Crippen LogP contribution in [0.1, 0.15) is 10.4 Å². The van der Waals surface area contributed by atoms with Crippen molar-refractivity contribution in [2.24, 2.45) is 0 Å². The molecule has 0 aliphatic carbocycles. The number of halogens is 1. The Balaban J connectivity index is 2.32. The molecule has 0 unspecified atom stereocenters. The monoisotopic (exact) mass is 388 g/mol. The maximum Gasteiger partial charge on any atom is 0.338 e. The molecule has 0 aliphatic heterocycles. The standard InChI is InChI=1S/C18H13IO2/c1-21-18(20)16-10-9-13(19)11-17(16)15-8-4-6-12-5-2-3-7-14(12)15/h2-11H,1H3. The zero-order valence-corrected chi connectivity index (χ0v) is 13.6. The van der Waals surface area contributed by atoms with E-state index in [1.807, 2.05) is 42.5 Å². The Hall–Kier alpha value is -1.88. The van der Waals surface area contributed by atoms with E-state index >= 15 is 0 Å². The molecule has 3 heteroatoms. The van der Waals surface area contributed by atoms with E-state index in [9.17, 15) is 4.79 Å². The van der Waals surface area contributed by atoms with Gasteiger partial charge in [0.2, 0.25) is 0 Å². The van der Waals surface area contributed by atoms with E-state index in [1.54, 1.807) is 0 Å². The van der Waals surface area contributed by atoms with Gasteiger partial charge in [0, 0.05) is 3.57 Å². The molecule has 0 aromatic heterocycles. The summed E-state index contributed by atoms with van der Waals surface area (Å²) in [6.45, 7) is 0. The summed E-state index contributed by atoms with van der Waals surface area (Å²) in [5.41, 5.74) is 2.55. The van der Waals surface area contributed by atoms with Gasteiger partial charge < -0.3 is 4.74 Å². The number of rotatable bonds is 2. The molecule has 3 aromatic carbocycles. The van der Waals surface area contributed by atoms with Gasteiger partial charge in [0.05, 0.1) is 12.7 Å². The lowest BCUT2D eigenvalue weighted by Gasteiger charge is -2.11. The number of carbonyl (C=O) groups is 1. The third-order valence-electron chi connectivity index (χ3n) is 3.47. The number of hydrogen-bond donors (Lipinski definition) is 0. The molecule has 0 saturated carbocycles. The largest absolute Gasteiger partial charge is 0.465 e. The number of carbonyl (C=O) groups excluding carboxylic acids is 1. The van der Waals surface area contributed by atoms with Gasteiger partial charge in [-0.15, -0.1) is 0 Å². The second-order valence-corrected chi connectivity index (χ2v) is 5.95. The van der Waals surface area contributed by atoms with Crippen LogP contribution in [0, 0.1) is 3.57 Å². The zero-order valence-electron chi connectivity index (χ0n) is 11.5. The van der Waals surface area contributed by atoms with Crippen molar-refractivity contribution in [2.75, 3.05) is 7.11 Å². The summed E-state index contributed by atoms with van der Waals surface area (Å²) in [5, 5.41) is 2.29. The topological polar surface area (TPSA) is 26.3 Å². The van der Waals surface area contributed by atoms with E-state index in [2.05, 4.69) is 40.8 Å². The average molecular weight is 388 g/mol. The molecule has 2 nitrogen and oxygen atoms in total. The summed E-state index contributed by atoms with van der Waals surface area (Å²) < 4.78 is 6.00. The van der Waals surface area contributed by atoms with Crippen LogP contribution in [0.3, 0.4) is 0 Å². The predicted molar refractivity (Wildman–Crippen MR) is 93.4 cm³/mol. The molecular weight excluding hydrogens is 375 g/mol. The SMILES string of the molecule is COC(=O)c1ccc(I)cc1-c1cccc2ccccc12. The fourth-order valence-corrected chi connectivity index (χ4v) is 2.98. The third-order valence-corrected chi connectivity index (χ3v) is 4.14. The van der Waals surface area contributed by atoms with E-state index in [0.29, 0.717) is 5.56 Å². The van der Waals surface area contributed by atoms with Crippen molar-refractivity contribution in [1.29, 1.82) is 0 Å². The predicted octanol–water partition coefficient (Wildman–Crippen LogP) is 4.90. The highest BCUT2D eigenvalue weighted by atomic mass is 127. The van der Waals surface area contributed by atoms with Crippen molar-refractivity contribution in [3.05, 3.63) is 69.8 Å². The van der Waals surface area contributed by atoms with Crippen molar-refractivity contribution in [3.8, 4) is 11.1 Å². The number of esters is 1. The number of methoxy groups -OCH3 is 1. The number of hydrogen-bond acceptors (Lipinski definition) is 2. The van der Waals surface area contributed by atoms with Crippen molar-refractivity contribution >= 4 is 39.3 Å². The van der Waals surface area contributed by atoms with Gasteiger partial charge in [0.15, 0.2) is 0 Å². The highest BCUT2D eigenvalue weighted by molar-refractivity contribution is 14.1. The van der Waals surface area contributed by atoms with E-state index in [4.69, 9.17) is 4.74 Å². The molecule has 104 valence electrons. The number of benzene rings is 3. The molecular formula is C18H13IO2. The van der Waals surface area contributed by atoms with Gasteiger partial charge in [0.1, 0.15) is 0 Å². The summed E-state index contributed by atoms with van der Waals surface area (Å²) in [6, 6.07) is 20.1. The maximum atomic E-state index is 12.0. The lowest BCUT2D eigenvalue weighted by molar-refractivity contribution is 0.0601. The summed E-state index contributed by atoms with van der Waals surface area (Å²) in [7, 11) is 1.41. The van der Waals surface area contributed by atoms with Gasteiger partial charge in [-0.1, -0.05) is 42.5 Å². The highest BCUT2D eigenvalue weighted by Gasteiger charge is 2.15. The van der Waals surface area contributed by atoms with Crippen LogP contribution in [0.4, 0.5) is 0 Å². The quantitative estimate of drug-likeness (QED) is 0.461. The van der Waals surface area contributed by atoms with Crippen LogP contribution in [0.5, 0.6) is 0 Å². The molecule has 3 rings (SSSR count). The first-order valence-electron chi connectivity index (χ1n) is 6.56. The fourth-order valence-electron chi connectivity index (χ4n) is 2.49. The fraction of sp³-hybridized carbons (Fsp3) is 0.0556. The van der Waals surface area contributed by atoms with Crippen LogP contribution >= 0.6 is 22.6 Å². The first-order valence-corrected chi connectivity index (χ1v) is 7.64. The highest BCUT2D eigenvalue weighted by Crippen LogP contribution is 2.32. The Labute approximate surface area is 136 Å². The molecule has 0 heterocycles. The second kappa shape index (κ2) is 5.85. The number of ether oxygens (including phenoxy) is 1. The minimum absolute atomic E-state index is 0.311. The molecule has 0 N–H and O–H groups in total. The first kappa shape index (κ1) is 14.1. The smallest absolute Gasteiger partial charge is 0.338 e. The van der Waals surface area contributed by atoms with Crippen LogP contribution < -0.4 is 0 Å². The van der Waals surface area contributed by atoms with E-state index < -0.39 is 0 Å². The second-order valence-electron chi connectivity index (χ2n) is 4.71. The summed E-state index contributed by atoms with van der Waals surface area (Å²) >= 11 is 2.26. The third kappa shape index (κ3) is 2.65. The molecule has 0 atom stereocenters. The van der Waals surface area contributed by atoms with Crippen molar-refractivity contribution in [2.45, 2.75) is 0 Å². The Bertz CT molecular complexity index is 819. The van der Waals surface area contributed by atoms with E-state index in [0.717, 1.165) is 25.5 Å². The van der Waals surface area contributed by atoms with Crippen molar-refractivity contribution < 1.29 is 9.53 Å². The minimum atomic E-state index is -0.311. The van der Waals surface area contributed by atoms with E-state index in [-0.39, 0.29) is 5.97 Å². The van der Waals surface area contributed by atoms with Gasteiger partial charge in [-0.25, -0.2) is 4.79 Å². The Morgan fingerprint density at radius 1 is 0.952 bits per heavy atom. The van der Waals surface area contributed by atoms with Crippen LogP contribution in [-0.2, 0) is 4.74 Å². The Morgan fingerprint density at radius 2 is 1.71 bits per heavy atom. The molecule has 3 aromatic rings. The first-order chi connectivity index (χ1) is 10.2. The van der Waals surface area contributed by atoms with Crippen LogP contribution in [-0.4, -0.2) is 13.1 Å². The lowest BCUT2D eigenvalue weighted by atomic mass is 9.95. The molecule has 0 spiro atoms. The number of fused-ring (bicyclic) bond motifs is 1. The van der Waals surface area contributed by atoms with Gasteiger partial charge in [-0.3, -0.25) is 0 Å². The molecule has 0 fully saturated rings. The van der Waals surface area contributed by atoms with Gasteiger partial charge in [-0.05, 0) is 62.7 Å². The minimum Gasteiger partial charge on any atom is -0.465 e. The van der Waals surface area contributed by atoms with E-state index in [1.165, 1.54) is 7.11 Å². The molecule has 21 heavy (non-hydrogen) atoms. The molecule has 0 saturated heterocycles. The molecule has 0 radical (unpaired) electrons. The maximum absolute atomic E-state index is 12.0. The lowest BCUT2D eigenvalue weighted by Crippen LogP contribution is -2.04. The summed E-state index contributed by atoms with van der Waals surface area (Å²) in [6.07, 6.45) is 0. The van der Waals surface area contributed by atoms with Crippen LogP contribution in [0.2, 0.25) is 0 Å². The molecule has 0 bridgehead atoms. The Morgan fingerprint density at radius 3 is 2.52 bits per heavy atom. The Kier molecular flexibility index (Phi) is 3.92.